The second-order valence-electron chi connectivity index (χ2n) is 4.45. The first-order chi connectivity index (χ1) is 10.1. The standard InChI is InChI=1S/C16H17NO4/c1-11(21-13-7-5-6-12(10-13)20-2)16(19)17-14-8-3-4-9-15(14)18/h3-11,18H,1-2H3,(H,17,19). The number of nitrogens with one attached hydrogen (secondary N) is 1. The zero-order valence-corrected chi connectivity index (χ0v) is 11.9. The summed E-state index contributed by atoms with van der Waals surface area (Å²) in [5, 5.41) is 12.2. The highest BCUT2D eigenvalue weighted by molar-refractivity contribution is 5.95. The molecule has 0 aliphatic carbocycles. The van der Waals surface area contributed by atoms with Crippen molar-refractivity contribution in [1.82, 2.24) is 0 Å². The third-order valence-electron chi connectivity index (χ3n) is 2.89. The molecule has 0 spiro atoms. The number of phenols is 1. The Hall–Kier alpha value is -2.69. The second kappa shape index (κ2) is 6.65. The Balaban J connectivity index is 2.01. The SMILES string of the molecule is COc1cccc(OC(C)C(=O)Nc2ccccc2O)c1. The van der Waals surface area contributed by atoms with Gasteiger partial charge >= 0.3 is 0 Å². The Labute approximate surface area is 123 Å². The van der Waals surface area contributed by atoms with E-state index in [1.54, 1.807) is 56.5 Å². The summed E-state index contributed by atoms with van der Waals surface area (Å²) in [6, 6.07) is 13.5. The molecule has 5 heteroatoms. The first-order valence-corrected chi connectivity index (χ1v) is 6.49. The molecule has 110 valence electrons. The van der Waals surface area contributed by atoms with Gasteiger partial charge in [0.1, 0.15) is 17.2 Å². The number of anilines is 1. The number of aromatic hydroxyl groups is 1. The van der Waals surface area contributed by atoms with Crippen molar-refractivity contribution in [3.63, 3.8) is 0 Å². The van der Waals surface area contributed by atoms with Crippen molar-refractivity contribution < 1.29 is 19.4 Å². The fraction of sp³-hybridized carbons (Fsp3) is 0.188. The summed E-state index contributed by atoms with van der Waals surface area (Å²) in [7, 11) is 1.56. The van der Waals surface area contributed by atoms with Gasteiger partial charge in [-0.25, -0.2) is 0 Å². The van der Waals surface area contributed by atoms with E-state index in [0.29, 0.717) is 17.2 Å². The molecule has 0 bridgehead atoms. The summed E-state index contributed by atoms with van der Waals surface area (Å²) in [4.78, 5) is 12.0. The summed E-state index contributed by atoms with van der Waals surface area (Å²) in [6.45, 7) is 1.63. The van der Waals surface area contributed by atoms with Crippen LogP contribution in [0.4, 0.5) is 5.69 Å². The van der Waals surface area contributed by atoms with Gasteiger partial charge in [0.15, 0.2) is 6.10 Å². The minimum atomic E-state index is -0.711. The molecular formula is C16H17NO4. The quantitative estimate of drug-likeness (QED) is 0.830. The summed E-state index contributed by atoms with van der Waals surface area (Å²) in [5.74, 6) is 0.855. The molecule has 0 saturated carbocycles. The van der Waals surface area contributed by atoms with Gasteiger partial charge in [-0.2, -0.15) is 0 Å². The van der Waals surface area contributed by atoms with Crippen molar-refractivity contribution in [2.24, 2.45) is 0 Å². The Bertz CT molecular complexity index is 627. The number of amides is 1. The lowest BCUT2D eigenvalue weighted by Gasteiger charge is -2.15. The average Bonchev–Trinajstić information content (AvgIpc) is 2.49. The summed E-state index contributed by atoms with van der Waals surface area (Å²) in [5.41, 5.74) is 0.351. The molecule has 2 aromatic rings. The molecule has 1 amide bonds. The maximum absolute atomic E-state index is 12.0. The second-order valence-corrected chi connectivity index (χ2v) is 4.45. The van der Waals surface area contributed by atoms with Crippen LogP contribution in [-0.2, 0) is 4.79 Å². The van der Waals surface area contributed by atoms with Crippen LogP contribution in [0.2, 0.25) is 0 Å². The molecule has 1 atom stereocenters. The number of carbonyl (C=O) groups excluding carboxylic acids is 1. The van der Waals surface area contributed by atoms with Gasteiger partial charge < -0.3 is 19.9 Å². The molecule has 2 N–H and O–H groups in total. The zero-order chi connectivity index (χ0) is 15.2. The number of phenolic OH excluding ortho intramolecular Hbond substituents is 1. The molecule has 2 aromatic carbocycles. The number of rotatable bonds is 5. The first kappa shape index (κ1) is 14.7. The highest BCUT2D eigenvalue weighted by atomic mass is 16.5. The first-order valence-electron chi connectivity index (χ1n) is 6.49. The van der Waals surface area contributed by atoms with Crippen LogP contribution < -0.4 is 14.8 Å². The fourth-order valence-corrected chi connectivity index (χ4v) is 1.75. The van der Waals surface area contributed by atoms with E-state index in [2.05, 4.69) is 5.32 Å². The highest BCUT2D eigenvalue weighted by Crippen LogP contribution is 2.23. The summed E-state index contributed by atoms with van der Waals surface area (Å²) < 4.78 is 10.7. The van der Waals surface area contributed by atoms with Crippen LogP contribution in [0.25, 0.3) is 0 Å². The average molecular weight is 287 g/mol. The molecule has 0 radical (unpaired) electrons. The minimum absolute atomic E-state index is 0.0134. The maximum atomic E-state index is 12.0. The number of para-hydroxylation sites is 2. The van der Waals surface area contributed by atoms with Crippen LogP contribution in [0.15, 0.2) is 48.5 Å². The topological polar surface area (TPSA) is 67.8 Å². The number of benzene rings is 2. The third kappa shape index (κ3) is 3.89. The minimum Gasteiger partial charge on any atom is -0.506 e. The largest absolute Gasteiger partial charge is 0.506 e. The van der Waals surface area contributed by atoms with Crippen molar-refractivity contribution >= 4 is 11.6 Å². The molecule has 21 heavy (non-hydrogen) atoms. The fourth-order valence-electron chi connectivity index (χ4n) is 1.75. The van der Waals surface area contributed by atoms with Gasteiger partial charge in [0.05, 0.1) is 12.8 Å². The van der Waals surface area contributed by atoms with Crippen molar-refractivity contribution in [2.75, 3.05) is 12.4 Å². The lowest BCUT2D eigenvalue weighted by molar-refractivity contribution is -0.122. The van der Waals surface area contributed by atoms with Crippen LogP contribution in [0, 0.1) is 0 Å². The lowest BCUT2D eigenvalue weighted by atomic mass is 10.2. The Kier molecular flexibility index (Phi) is 4.66. The van der Waals surface area contributed by atoms with E-state index in [0.717, 1.165) is 0 Å². The van der Waals surface area contributed by atoms with Crippen LogP contribution in [0.5, 0.6) is 17.2 Å². The van der Waals surface area contributed by atoms with E-state index in [1.807, 2.05) is 0 Å². The lowest BCUT2D eigenvalue weighted by Crippen LogP contribution is -2.30. The summed E-state index contributed by atoms with van der Waals surface area (Å²) in [6.07, 6.45) is -0.711. The number of hydrogen-bond acceptors (Lipinski definition) is 4. The van der Waals surface area contributed by atoms with Gasteiger partial charge in [0.25, 0.3) is 5.91 Å². The molecule has 0 aliphatic heterocycles. The predicted octanol–water partition coefficient (Wildman–Crippen LogP) is 2.81. The molecule has 0 aromatic heterocycles. The van der Waals surface area contributed by atoms with Crippen molar-refractivity contribution in [1.29, 1.82) is 0 Å². The predicted molar refractivity (Wildman–Crippen MR) is 79.8 cm³/mol. The van der Waals surface area contributed by atoms with Gasteiger partial charge in [-0.1, -0.05) is 18.2 Å². The molecule has 5 nitrogen and oxygen atoms in total. The molecule has 2 rings (SSSR count). The van der Waals surface area contributed by atoms with Crippen LogP contribution in [0.3, 0.4) is 0 Å². The number of carbonyl (C=O) groups is 1. The highest BCUT2D eigenvalue weighted by Gasteiger charge is 2.16. The Morgan fingerprint density at radius 2 is 1.86 bits per heavy atom. The number of ether oxygens (including phenoxy) is 2. The van der Waals surface area contributed by atoms with Crippen LogP contribution >= 0.6 is 0 Å². The normalized spacial score (nSPS) is 11.5. The Morgan fingerprint density at radius 1 is 1.14 bits per heavy atom. The Morgan fingerprint density at radius 3 is 2.57 bits per heavy atom. The van der Waals surface area contributed by atoms with Gasteiger partial charge in [0, 0.05) is 6.07 Å². The molecule has 0 fully saturated rings. The number of hydrogen-bond donors (Lipinski definition) is 2. The molecule has 0 aliphatic rings. The maximum Gasteiger partial charge on any atom is 0.265 e. The van der Waals surface area contributed by atoms with Gasteiger partial charge in [0.2, 0.25) is 0 Å². The molecule has 1 unspecified atom stereocenters. The van der Waals surface area contributed by atoms with Gasteiger partial charge in [-0.3, -0.25) is 4.79 Å². The van der Waals surface area contributed by atoms with Crippen LogP contribution in [0.1, 0.15) is 6.92 Å². The van der Waals surface area contributed by atoms with Crippen molar-refractivity contribution in [2.45, 2.75) is 13.0 Å². The number of methoxy groups -OCH3 is 1. The molecule has 0 heterocycles. The van der Waals surface area contributed by atoms with E-state index in [-0.39, 0.29) is 11.7 Å². The van der Waals surface area contributed by atoms with E-state index in [1.165, 1.54) is 6.07 Å². The smallest absolute Gasteiger partial charge is 0.265 e. The van der Waals surface area contributed by atoms with E-state index < -0.39 is 6.10 Å². The van der Waals surface area contributed by atoms with Crippen LogP contribution in [-0.4, -0.2) is 24.2 Å². The van der Waals surface area contributed by atoms with E-state index in [4.69, 9.17) is 9.47 Å². The van der Waals surface area contributed by atoms with E-state index in [9.17, 15) is 9.90 Å². The zero-order valence-electron chi connectivity index (χ0n) is 11.9. The van der Waals surface area contributed by atoms with E-state index >= 15 is 0 Å². The summed E-state index contributed by atoms with van der Waals surface area (Å²) >= 11 is 0. The molecular weight excluding hydrogens is 270 g/mol. The third-order valence-corrected chi connectivity index (χ3v) is 2.89. The van der Waals surface area contributed by atoms with Crippen molar-refractivity contribution in [3.05, 3.63) is 48.5 Å². The molecule has 0 saturated heterocycles. The van der Waals surface area contributed by atoms with Crippen molar-refractivity contribution in [3.8, 4) is 17.2 Å². The van der Waals surface area contributed by atoms with Gasteiger partial charge in [-0.05, 0) is 31.2 Å². The van der Waals surface area contributed by atoms with Gasteiger partial charge in [-0.15, -0.1) is 0 Å². The monoisotopic (exact) mass is 287 g/mol.